The van der Waals surface area contributed by atoms with E-state index in [1.54, 1.807) is 12.0 Å². The van der Waals surface area contributed by atoms with Crippen LogP contribution in [0, 0.1) is 43.4 Å². The van der Waals surface area contributed by atoms with Gasteiger partial charge in [-0.15, -0.1) is 0 Å². The Hall–Kier alpha value is -0.820. The molecule has 3 aliphatic rings. The lowest BCUT2D eigenvalue weighted by Crippen LogP contribution is -2.32. The smallest absolute Gasteiger partial charge is 0.0138 e. The zero-order valence-corrected chi connectivity index (χ0v) is 13.0. The van der Waals surface area contributed by atoms with Crippen LogP contribution in [0.1, 0.15) is 36.0 Å². The second-order valence-electron chi connectivity index (χ2n) is 7.59. The Morgan fingerprint density at radius 3 is 2.50 bits per heavy atom. The van der Waals surface area contributed by atoms with Gasteiger partial charge in [0.2, 0.25) is 0 Å². The normalized spacial score (nSPS) is 38.9. The third-order valence-corrected chi connectivity index (χ3v) is 6.57. The molecule has 0 aromatic heterocycles. The number of hydrogen-bond acceptors (Lipinski definition) is 1. The fourth-order valence-electron chi connectivity index (χ4n) is 5.62. The third-order valence-electron chi connectivity index (χ3n) is 6.57. The molecular formula is C19H27N. The number of likely N-dealkylation sites (N-methyl/N-ethyl adjacent to an activating group) is 1. The number of nitrogens with one attached hydrogen (secondary N) is 1. The van der Waals surface area contributed by atoms with E-state index in [-0.39, 0.29) is 0 Å². The maximum absolute atomic E-state index is 3.66. The maximum Gasteiger partial charge on any atom is 0.0138 e. The molecule has 0 amide bonds. The van der Waals surface area contributed by atoms with Gasteiger partial charge in [-0.1, -0.05) is 23.8 Å². The largest absolute Gasteiger partial charge is 0.316 e. The topological polar surface area (TPSA) is 12.0 Å². The van der Waals surface area contributed by atoms with E-state index in [4.69, 9.17) is 0 Å². The lowest BCUT2D eigenvalue weighted by Gasteiger charge is -2.21. The molecule has 1 nitrogen and oxygen atoms in total. The van der Waals surface area contributed by atoms with E-state index >= 15 is 0 Å². The van der Waals surface area contributed by atoms with Crippen LogP contribution < -0.4 is 5.32 Å². The summed E-state index contributed by atoms with van der Waals surface area (Å²) in [6, 6.07) is 7.62. The Morgan fingerprint density at radius 1 is 1.15 bits per heavy atom. The van der Waals surface area contributed by atoms with Gasteiger partial charge in [-0.3, -0.25) is 0 Å². The predicted molar refractivity (Wildman–Crippen MR) is 83.8 cm³/mol. The van der Waals surface area contributed by atoms with Gasteiger partial charge >= 0.3 is 0 Å². The van der Waals surface area contributed by atoms with E-state index in [2.05, 4.69) is 44.4 Å². The standard InChI is InChI=1S/C19H27N/c1-11-4-5-12(2)15(8-11)10-16(20-3)19-17-13-6-7-14(9-13)18(17)19/h4-5,8,13-14,16-20H,6-7,9-10H2,1-3H3. The molecule has 0 spiro atoms. The number of benzene rings is 1. The van der Waals surface area contributed by atoms with Crippen molar-refractivity contribution in [2.75, 3.05) is 7.05 Å². The van der Waals surface area contributed by atoms with E-state index in [0.29, 0.717) is 6.04 Å². The molecule has 4 rings (SSSR count). The highest BCUT2D eigenvalue weighted by Gasteiger charge is 2.66. The maximum atomic E-state index is 3.66. The van der Waals surface area contributed by atoms with E-state index in [1.165, 1.54) is 30.4 Å². The quantitative estimate of drug-likeness (QED) is 0.878. The first-order chi connectivity index (χ1) is 9.69. The number of hydrogen-bond donors (Lipinski definition) is 1. The average Bonchev–Trinajstić information content (AvgIpc) is 2.87. The van der Waals surface area contributed by atoms with Gasteiger partial charge in [0.15, 0.2) is 0 Å². The summed E-state index contributed by atoms with van der Waals surface area (Å²) in [5.41, 5.74) is 4.42. The van der Waals surface area contributed by atoms with Crippen LogP contribution in [-0.4, -0.2) is 13.1 Å². The monoisotopic (exact) mass is 269 g/mol. The summed E-state index contributed by atoms with van der Waals surface area (Å²) in [4.78, 5) is 0. The van der Waals surface area contributed by atoms with Crippen molar-refractivity contribution < 1.29 is 0 Å². The van der Waals surface area contributed by atoms with Crippen LogP contribution in [0.2, 0.25) is 0 Å². The minimum atomic E-state index is 0.703. The highest BCUT2D eigenvalue weighted by atomic mass is 14.9. The summed E-state index contributed by atoms with van der Waals surface area (Å²) in [6.45, 7) is 4.47. The Labute approximate surface area is 123 Å². The van der Waals surface area contributed by atoms with Gasteiger partial charge in [-0.2, -0.15) is 0 Å². The van der Waals surface area contributed by atoms with E-state index in [9.17, 15) is 0 Å². The molecule has 3 aliphatic carbocycles. The highest BCUT2D eigenvalue weighted by Crippen LogP contribution is 2.70. The van der Waals surface area contributed by atoms with Gasteiger partial charge in [0.25, 0.3) is 0 Å². The molecule has 1 aromatic carbocycles. The molecule has 0 saturated heterocycles. The molecule has 3 fully saturated rings. The summed E-state index contributed by atoms with van der Waals surface area (Å²) in [6.07, 6.45) is 5.84. The summed E-state index contributed by atoms with van der Waals surface area (Å²) in [5.74, 6) is 5.31. The Kier molecular flexibility index (Phi) is 2.96. The Bertz CT molecular complexity index is 504. The molecule has 108 valence electrons. The Morgan fingerprint density at radius 2 is 1.85 bits per heavy atom. The van der Waals surface area contributed by atoms with Crippen molar-refractivity contribution in [3.8, 4) is 0 Å². The van der Waals surface area contributed by atoms with Crippen molar-refractivity contribution >= 4 is 0 Å². The van der Waals surface area contributed by atoms with Crippen molar-refractivity contribution in [2.24, 2.45) is 29.6 Å². The molecule has 1 aromatic rings. The molecular weight excluding hydrogens is 242 g/mol. The summed E-state index contributed by atoms with van der Waals surface area (Å²) < 4.78 is 0. The Balaban J connectivity index is 1.51. The van der Waals surface area contributed by atoms with Gasteiger partial charge in [-0.25, -0.2) is 0 Å². The fraction of sp³-hybridized carbons (Fsp3) is 0.684. The van der Waals surface area contributed by atoms with Crippen molar-refractivity contribution in [1.82, 2.24) is 5.32 Å². The van der Waals surface area contributed by atoms with Crippen molar-refractivity contribution in [3.05, 3.63) is 34.9 Å². The van der Waals surface area contributed by atoms with E-state index in [0.717, 1.165) is 29.6 Å². The molecule has 1 N–H and O–H groups in total. The second-order valence-corrected chi connectivity index (χ2v) is 7.59. The summed E-state index contributed by atoms with van der Waals surface area (Å²) in [7, 11) is 2.17. The van der Waals surface area contributed by atoms with Gasteiger partial charge in [0, 0.05) is 6.04 Å². The average molecular weight is 269 g/mol. The zero-order valence-electron chi connectivity index (χ0n) is 13.0. The molecule has 5 atom stereocenters. The molecule has 2 bridgehead atoms. The zero-order chi connectivity index (χ0) is 13.9. The molecule has 0 aliphatic heterocycles. The predicted octanol–water partition coefficient (Wildman–Crippen LogP) is 3.73. The lowest BCUT2D eigenvalue weighted by atomic mass is 9.91. The fourth-order valence-corrected chi connectivity index (χ4v) is 5.62. The lowest BCUT2D eigenvalue weighted by molar-refractivity contribution is 0.376. The van der Waals surface area contributed by atoms with Gasteiger partial charge < -0.3 is 5.32 Å². The first kappa shape index (κ1) is 12.9. The van der Waals surface area contributed by atoms with Gasteiger partial charge in [0.1, 0.15) is 0 Å². The van der Waals surface area contributed by atoms with Crippen LogP contribution in [0.3, 0.4) is 0 Å². The van der Waals surface area contributed by atoms with Crippen LogP contribution in [0.15, 0.2) is 18.2 Å². The minimum Gasteiger partial charge on any atom is -0.316 e. The highest BCUT2D eigenvalue weighted by molar-refractivity contribution is 5.32. The molecule has 0 heterocycles. The first-order valence-electron chi connectivity index (χ1n) is 8.42. The van der Waals surface area contributed by atoms with Crippen LogP contribution in [0.5, 0.6) is 0 Å². The first-order valence-corrected chi connectivity index (χ1v) is 8.42. The molecule has 0 radical (unpaired) electrons. The summed E-state index contributed by atoms with van der Waals surface area (Å²) in [5, 5.41) is 3.66. The van der Waals surface area contributed by atoms with Crippen molar-refractivity contribution in [3.63, 3.8) is 0 Å². The van der Waals surface area contributed by atoms with E-state index < -0.39 is 0 Å². The summed E-state index contributed by atoms with van der Waals surface area (Å²) >= 11 is 0. The molecule has 5 unspecified atom stereocenters. The van der Waals surface area contributed by atoms with Crippen LogP contribution >= 0.6 is 0 Å². The second kappa shape index (κ2) is 4.59. The van der Waals surface area contributed by atoms with Crippen LogP contribution in [0.25, 0.3) is 0 Å². The van der Waals surface area contributed by atoms with E-state index in [1.807, 2.05) is 0 Å². The number of aryl methyl sites for hydroxylation is 2. The van der Waals surface area contributed by atoms with Gasteiger partial charge in [0.05, 0.1) is 0 Å². The van der Waals surface area contributed by atoms with Gasteiger partial charge in [-0.05, 0) is 87.3 Å². The molecule has 1 heteroatoms. The molecule has 20 heavy (non-hydrogen) atoms. The number of rotatable bonds is 4. The SMILES string of the molecule is CNC(Cc1cc(C)ccc1C)C1C2C3CCC(C3)C21. The van der Waals surface area contributed by atoms with Crippen molar-refractivity contribution in [2.45, 2.75) is 45.6 Å². The third kappa shape index (κ3) is 1.86. The molecule has 3 saturated carbocycles. The van der Waals surface area contributed by atoms with Crippen LogP contribution in [-0.2, 0) is 6.42 Å². The minimum absolute atomic E-state index is 0.703. The van der Waals surface area contributed by atoms with Crippen LogP contribution in [0.4, 0.5) is 0 Å². The van der Waals surface area contributed by atoms with Crippen molar-refractivity contribution in [1.29, 1.82) is 0 Å². The number of fused-ring (bicyclic) bond motifs is 5.